The molecule has 4 unspecified atom stereocenters. The molecule has 0 radical (unpaired) electrons. The van der Waals surface area contributed by atoms with Gasteiger partial charge in [-0.3, -0.25) is 4.79 Å². The normalized spacial score (nSPS) is 50.3. The van der Waals surface area contributed by atoms with Gasteiger partial charge in [0.15, 0.2) is 5.78 Å². The molecule has 0 heterocycles. The zero-order valence-corrected chi connectivity index (χ0v) is 7.25. The summed E-state index contributed by atoms with van der Waals surface area (Å²) in [6.45, 7) is 3.94. The maximum Gasteiger partial charge on any atom is 0.161 e. The standard InChI is InChI=1S/C11H14O/c1-6-8-2-7-3-9(5-8)10(4-7)11(6)12/h7-10H,1-5H2. The van der Waals surface area contributed by atoms with Crippen LogP contribution >= 0.6 is 0 Å². The third-order valence-corrected chi connectivity index (χ3v) is 4.14. The van der Waals surface area contributed by atoms with E-state index >= 15 is 0 Å². The second-order valence-electron chi connectivity index (χ2n) is 4.76. The van der Waals surface area contributed by atoms with Crippen LogP contribution in [0.2, 0.25) is 0 Å². The molecule has 0 aromatic carbocycles. The molecule has 1 nitrogen and oxygen atoms in total. The topological polar surface area (TPSA) is 17.1 Å². The number of hydrogen-bond acceptors (Lipinski definition) is 1. The second kappa shape index (κ2) is 2.01. The summed E-state index contributed by atoms with van der Waals surface area (Å²) in [6.07, 6.45) is 5.04. The predicted molar refractivity (Wildman–Crippen MR) is 46.6 cm³/mol. The Labute approximate surface area is 72.8 Å². The third kappa shape index (κ3) is 0.675. The summed E-state index contributed by atoms with van der Waals surface area (Å²) in [5, 5.41) is 0. The van der Waals surface area contributed by atoms with Gasteiger partial charge in [0.1, 0.15) is 0 Å². The van der Waals surface area contributed by atoms with Gasteiger partial charge in [-0.1, -0.05) is 6.58 Å². The minimum atomic E-state index is 0.390. The molecule has 1 heteroatoms. The highest BCUT2D eigenvalue weighted by Crippen LogP contribution is 2.54. The summed E-state index contributed by atoms with van der Waals surface area (Å²) in [5.74, 6) is 2.98. The lowest BCUT2D eigenvalue weighted by molar-refractivity contribution is -0.122. The van der Waals surface area contributed by atoms with Crippen LogP contribution < -0.4 is 0 Å². The SMILES string of the molecule is C=C1C(=O)C2CC3CC1CC2C3. The molecule has 3 saturated carbocycles. The Kier molecular flexibility index (Phi) is 1.15. The fourth-order valence-electron chi connectivity index (χ4n) is 3.60. The Morgan fingerprint density at radius 1 is 1.17 bits per heavy atom. The van der Waals surface area contributed by atoms with Crippen molar-refractivity contribution < 1.29 is 4.79 Å². The van der Waals surface area contributed by atoms with E-state index in [1.54, 1.807) is 0 Å². The van der Waals surface area contributed by atoms with Crippen molar-refractivity contribution in [3.8, 4) is 0 Å². The molecule has 0 aromatic heterocycles. The summed E-state index contributed by atoms with van der Waals surface area (Å²) in [7, 11) is 0. The van der Waals surface area contributed by atoms with E-state index in [-0.39, 0.29) is 0 Å². The van der Waals surface area contributed by atoms with E-state index in [0.717, 1.165) is 17.4 Å². The number of carbonyl (C=O) groups is 1. The van der Waals surface area contributed by atoms with Crippen LogP contribution in [-0.2, 0) is 4.79 Å². The van der Waals surface area contributed by atoms with E-state index in [1.807, 2.05) is 0 Å². The molecule has 12 heavy (non-hydrogen) atoms. The van der Waals surface area contributed by atoms with E-state index in [1.165, 1.54) is 25.7 Å². The van der Waals surface area contributed by atoms with Gasteiger partial charge in [-0.15, -0.1) is 0 Å². The molecule has 3 fully saturated rings. The van der Waals surface area contributed by atoms with Gasteiger partial charge in [0, 0.05) is 5.92 Å². The predicted octanol–water partition coefficient (Wildman–Crippen LogP) is 2.18. The number of Topliss-reactive ketones (excluding diaryl/α,β-unsaturated/α-hetero) is 1. The van der Waals surface area contributed by atoms with Crippen LogP contribution in [0.1, 0.15) is 25.7 Å². The van der Waals surface area contributed by atoms with Crippen molar-refractivity contribution in [1.29, 1.82) is 0 Å². The second-order valence-corrected chi connectivity index (χ2v) is 4.76. The molecular formula is C11H14O. The summed E-state index contributed by atoms with van der Waals surface area (Å²) in [6, 6.07) is 0. The van der Waals surface area contributed by atoms with E-state index in [0.29, 0.717) is 17.6 Å². The molecule has 4 atom stereocenters. The number of hydrogen-bond donors (Lipinski definition) is 0. The van der Waals surface area contributed by atoms with Crippen LogP contribution in [0.3, 0.4) is 0 Å². The zero-order chi connectivity index (χ0) is 8.29. The Bertz CT molecular complexity index is 262. The average Bonchev–Trinajstić information content (AvgIpc) is 2.33. The van der Waals surface area contributed by atoms with Crippen LogP contribution in [0.4, 0.5) is 0 Å². The van der Waals surface area contributed by atoms with Gasteiger partial charge in [0.25, 0.3) is 0 Å². The molecule has 0 amide bonds. The fraction of sp³-hybridized carbons (Fsp3) is 0.727. The maximum absolute atomic E-state index is 11.7. The monoisotopic (exact) mass is 162 g/mol. The highest BCUT2D eigenvalue weighted by molar-refractivity contribution is 5.98. The minimum absolute atomic E-state index is 0.390. The van der Waals surface area contributed by atoms with E-state index in [2.05, 4.69) is 6.58 Å². The van der Waals surface area contributed by atoms with Crippen LogP contribution in [0, 0.1) is 23.7 Å². The maximum atomic E-state index is 11.7. The van der Waals surface area contributed by atoms with Gasteiger partial charge in [-0.2, -0.15) is 0 Å². The number of fused-ring (bicyclic) bond motifs is 2. The molecular weight excluding hydrogens is 148 g/mol. The summed E-state index contributed by atoms with van der Waals surface area (Å²) < 4.78 is 0. The lowest BCUT2D eigenvalue weighted by atomic mass is 9.69. The fourth-order valence-corrected chi connectivity index (χ4v) is 3.60. The Hall–Kier alpha value is -0.590. The largest absolute Gasteiger partial charge is 0.294 e. The lowest BCUT2D eigenvalue weighted by Gasteiger charge is -2.34. The van der Waals surface area contributed by atoms with Crippen molar-refractivity contribution in [3.05, 3.63) is 12.2 Å². The summed E-state index contributed by atoms with van der Waals surface area (Å²) in [4.78, 5) is 11.7. The molecule has 3 bridgehead atoms. The molecule has 0 saturated heterocycles. The molecule has 0 aliphatic heterocycles. The highest BCUT2D eigenvalue weighted by atomic mass is 16.1. The first kappa shape index (κ1) is 6.88. The Balaban J connectivity index is 2.06. The quantitative estimate of drug-likeness (QED) is 0.499. The molecule has 3 aliphatic carbocycles. The Morgan fingerprint density at radius 3 is 2.83 bits per heavy atom. The smallest absolute Gasteiger partial charge is 0.161 e. The van der Waals surface area contributed by atoms with Crippen LogP contribution in [0.5, 0.6) is 0 Å². The minimum Gasteiger partial charge on any atom is -0.294 e. The van der Waals surface area contributed by atoms with Gasteiger partial charge in [-0.25, -0.2) is 0 Å². The van der Waals surface area contributed by atoms with Crippen molar-refractivity contribution in [3.63, 3.8) is 0 Å². The van der Waals surface area contributed by atoms with E-state index < -0.39 is 0 Å². The lowest BCUT2D eigenvalue weighted by Crippen LogP contribution is -2.32. The van der Waals surface area contributed by atoms with Crippen LogP contribution in [-0.4, -0.2) is 5.78 Å². The van der Waals surface area contributed by atoms with Gasteiger partial charge >= 0.3 is 0 Å². The average molecular weight is 162 g/mol. The number of carbonyl (C=O) groups excluding carboxylic acids is 1. The van der Waals surface area contributed by atoms with Gasteiger partial charge < -0.3 is 0 Å². The highest BCUT2D eigenvalue weighted by Gasteiger charge is 2.49. The van der Waals surface area contributed by atoms with Gasteiger partial charge in [0.2, 0.25) is 0 Å². The number of ketones is 1. The summed E-state index contributed by atoms with van der Waals surface area (Å²) in [5.41, 5.74) is 0.957. The molecule has 0 spiro atoms. The molecule has 0 aromatic rings. The van der Waals surface area contributed by atoms with E-state index in [4.69, 9.17) is 0 Å². The van der Waals surface area contributed by atoms with E-state index in [9.17, 15) is 4.79 Å². The zero-order valence-electron chi connectivity index (χ0n) is 7.25. The van der Waals surface area contributed by atoms with Gasteiger partial charge in [0.05, 0.1) is 0 Å². The molecule has 3 rings (SSSR count). The molecule has 0 N–H and O–H groups in total. The third-order valence-electron chi connectivity index (χ3n) is 4.14. The van der Waals surface area contributed by atoms with Crippen molar-refractivity contribution in [2.45, 2.75) is 25.7 Å². The molecule has 3 aliphatic rings. The van der Waals surface area contributed by atoms with Crippen molar-refractivity contribution in [2.75, 3.05) is 0 Å². The molecule has 64 valence electrons. The first-order valence-electron chi connectivity index (χ1n) is 4.98. The van der Waals surface area contributed by atoms with Crippen LogP contribution in [0.15, 0.2) is 12.2 Å². The van der Waals surface area contributed by atoms with Crippen LogP contribution in [0.25, 0.3) is 0 Å². The van der Waals surface area contributed by atoms with Crippen molar-refractivity contribution in [1.82, 2.24) is 0 Å². The van der Waals surface area contributed by atoms with Crippen molar-refractivity contribution in [2.24, 2.45) is 23.7 Å². The van der Waals surface area contributed by atoms with Crippen molar-refractivity contribution >= 4 is 5.78 Å². The Morgan fingerprint density at radius 2 is 2.00 bits per heavy atom. The first-order chi connectivity index (χ1) is 5.75. The first-order valence-corrected chi connectivity index (χ1v) is 4.98. The number of rotatable bonds is 0. The summed E-state index contributed by atoms with van der Waals surface area (Å²) >= 11 is 0. The number of allylic oxidation sites excluding steroid dienone is 1. The van der Waals surface area contributed by atoms with Gasteiger partial charge in [-0.05, 0) is 49.0 Å².